The number of methoxy groups -OCH3 is 1. The van der Waals surface area contributed by atoms with Gasteiger partial charge in [-0.05, 0) is 56.1 Å². The summed E-state index contributed by atoms with van der Waals surface area (Å²) in [6, 6.07) is 5.25. The third-order valence-corrected chi connectivity index (χ3v) is 4.91. The molecule has 0 saturated carbocycles. The van der Waals surface area contributed by atoms with Gasteiger partial charge in [0.05, 0.1) is 59.0 Å². The smallest absolute Gasteiger partial charge is 0.414 e. The first kappa shape index (κ1) is 30.6. The molecule has 0 saturated heterocycles. The van der Waals surface area contributed by atoms with E-state index in [4.69, 9.17) is 27.3 Å². The van der Waals surface area contributed by atoms with Gasteiger partial charge >= 0.3 is 6.09 Å². The van der Waals surface area contributed by atoms with E-state index in [1.807, 2.05) is 0 Å². The molecular weight excluding hydrogens is 486 g/mol. The molecule has 0 aliphatic carbocycles. The largest absolute Gasteiger partial charge is 0.443 e. The standard InChI is InChI=1S/C22H37NO9S2/c1-22(2,3)32-21(24)23(7-8-28-11-12-29-10-9-27-4)20-14-18(16-30-33-5)13-19(15-20)17-31-34(6,25)26/h13-15H,7-12,16-17H2,1-6H3. The number of hydrogen-bond donors (Lipinski definition) is 0. The van der Waals surface area contributed by atoms with Crippen LogP contribution in [0.15, 0.2) is 18.2 Å². The van der Waals surface area contributed by atoms with Crippen molar-refractivity contribution >= 4 is 33.9 Å². The van der Waals surface area contributed by atoms with Crippen molar-refractivity contribution in [2.75, 3.05) is 64.1 Å². The fourth-order valence-corrected chi connectivity index (χ4v) is 3.23. The molecule has 0 fully saturated rings. The van der Waals surface area contributed by atoms with E-state index >= 15 is 0 Å². The Bertz CT molecular complexity index is 841. The summed E-state index contributed by atoms with van der Waals surface area (Å²) >= 11 is 1.20. The van der Waals surface area contributed by atoms with Gasteiger partial charge in [0.1, 0.15) is 5.60 Å². The molecule has 0 N–H and O–H groups in total. The second kappa shape index (κ2) is 15.6. The van der Waals surface area contributed by atoms with Crippen LogP contribution in [-0.2, 0) is 50.6 Å². The minimum Gasteiger partial charge on any atom is -0.443 e. The molecule has 10 nitrogen and oxygen atoms in total. The molecule has 0 unspecified atom stereocenters. The molecule has 1 rings (SSSR count). The molecule has 196 valence electrons. The normalized spacial score (nSPS) is 12.1. The van der Waals surface area contributed by atoms with Gasteiger partial charge in [-0.3, -0.25) is 9.08 Å². The molecule has 0 radical (unpaired) electrons. The average Bonchev–Trinajstić information content (AvgIpc) is 2.73. The quantitative estimate of drug-likeness (QED) is 0.182. The van der Waals surface area contributed by atoms with Gasteiger partial charge < -0.3 is 23.1 Å². The third-order valence-electron chi connectivity index (χ3n) is 4.01. The lowest BCUT2D eigenvalue weighted by atomic mass is 10.1. The Kier molecular flexibility index (Phi) is 14.0. The Morgan fingerprint density at radius 1 is 0.971 bits per heavy atom. The fraction of sp³-hybridized carbons (Fsp3) is 0.682. The van der Waals surface area contributed by atoms with Crippen LogP contribution >= 0.6 is 12.0 Å². The van der Waals surface area contributed by atoms with Crippen molar-refractivity contribution in [2.45, 2.75) is 39.6 Å². The van der Waals surface area contributed by atoms with Gasteiger partial charge in [0.15, 0.2) is 0 Å². The van der Waals surface area contributed by atoms with Crippen LogP contribution in [-0.4, -0.2) is 79.3 Å². The Labute approximate surface area is 207 Å². The van der Waals surface area contributed by atoms with E-state index in [0.29, 0.717) is 37.7 Å². The Morgan fingerprint density at radius 3 is 2.12 bits per heavy atom. The Hall–Kier alpha value is -1.41. The van der Waals surface area contributed by atoms with E-state index in [0.717, 1.165) is 11.8 Å². The van der Waals surface area contributed by atoms with Gasteiger partial charge in [0.2, 0.25) is 0 Å². The van der Waals surface area contributed by atoms with Gasteiger partial charge in [-0.25, -0.2) is 4.79 Å². The number of ether oxygens (including phenoxy) is 4. The number of anilines is 1. The van der Waals surface area contributed by atoms with Crippen LogP contribution in [0.4, 0.5) is 10.5 Å². The molecule has 0 aliphatic rings. The highest BCUT2D eigenvalue weighted by atomic mass is 32.2. The topological polar surface area (TPSA) is 110 Å². The van der Waals surface area contributed by atoms with Gasteiger partial charge in [0, 0.05) is 19.1 Å². The van der Waals surface area contributed by atoms with Crippen LogP contribution in [0.3, 0.4) is 0 Å². The highest BCUT2D eigenvalue weighted by Crippen LogP contribution is 2.24. The van der Waals surface area contributed by atoms with Gasteiger partial charge in [0.25, 0.3) is 10.1 Å². The van der Waals surface area contributed by atoms with Crippen LogP contribution in [0.5, 0.6) is 0 Å². The minimum atomic E-state index is -3.63. The molecule has 1 aromatic rings. The van der Waals surface area contributed by atoms with E-state index in [1.165, 1.54) is 16.9 Å². The second-order valence-corrected chi connectivity index (χ2v) is 10.5. The minimum absolute atomic E-state index is 0.170. The number of nitrogens with zero attached hydrogens (tertiary/aromatic N) is 1. The maximum atomic E-state index is 13.0. The highest BCUT2D eigenvalue weighted by molar-refractivity contribution is 7.93. The fourth-order valence-electron chi connectivity index (χ4n) is 2.63. The van der Waals surface area contributed by atoms with E-state index in [1.54, 1.807) is 52.3 Å². The lowest BCUT2D eigenvalue weighted by Gasteiger charge is -2.28. The second-order valence-electron chi connectivity index (χ2n) is 8.25. The molecular formula is C22H37NO9S2. The molecule has 0 aliphatic heterocycles. The molecule has 0 bridgehead atoms. The molecule has 0 heterocycles. The van der Waals surface area contributed by atoms with Crippen molar-refractivity contribution < 1.29 is 40.5 Å². The van der Waals surface area contributed by atoms with Crippen LogP contribution in [0.1, 0.15) is 31.9 Å². The maximum absolute atomic E-state index is 13.0. The predicted molar refractivity (Wildman–Crippen MR) is 131 cm³/mol. The monoisotopic (exact) mass is 523 g/mol. The zero-order valence-electron chi connectivity index (χ0n) is 20.8. The van der Waals surface area contributed by atoms with Gasteiger partial charge in [-0.2, -0.15) is 8.42 Å². The highest BCUT2D eigenvalue weighted by Gasteiger charge is 2.24. The number of carbonyl (C=O) groups excluding carboxylic acids is 1. The average molecular weight is 524 g/mol. The number of rotatable bonds is 16. The number of amides is 1. The first-order valence-electron chi connectivity index (χ1n) is 10.7. The molecule has 1 amide bonds. The van der Waals surface area contributed by atoms with Crippen molar-refractivity contribution in [3.63, 3.8) is 0 Å². The van der Waals surface area contributed by atoms with Crippen LogP contribution in [0.2, 0.25) is 0 Å². The van der Waals surface area contributed by atoms with Crippen molar-refractivity contribution in [3.8, 4) is 0 Å². The van der Waals surface area contributed by atoms with E-state index in [2.05, 4.69) is 0 Å². The summed E-state index contributed by atoms with van der Waals surface area (Å²) in [7, 11) is -2.03. The lowest BCUT2D eigenvalue weighted by molar-refractivity contribution is 0.0252. The molecule has 1 aromatic carbocycles. The lowest BCUT2D eigenvalue weighted by Crippen LogP contribution is -2.39. The van der Waals surface area contributed by atoms with Crippen molar-refractivity contribution in [1.82, 2.24) is 0 Å². The van der Waals surface area contributed by atoms with Crippen LogP contribution in [0, 0.1) is 0 Å². The maximum Gasteiger partial charge on any atom is 0.414 e. The summed E-state index contributed by atoms with van der Waals surface area (Å²) < 4.78 is 54.8. The molecule has 34 heavy (non-hydrogen) atoms. The van der Waals surface area contributed by atoms with Gasteiger partial charge in [-0.1, -0.05) is 6.07 Å². The van der Waals surface area contributed by atoms with Gasteiger partial charge in [-0.15, -0.1) is 0 Å². The van der Waals surface area contributed by atoms with Crippen molar-refractivity contribution in [2.24, 2.45) is 0 Å². The van der Waals surface area contributed by atoms with E-state index < -0.39 is 21.8 Å². The van der Waals surface area contributed by atoms with Crippen LogP contribution < -0.4 is 4.90 Å². The van der Waals surface area contributed by atoms with Crippen LogP contribution in [0.25, 0.3) is 0 Å². The summed E-state index contributed by atoms with van der Waals surface area (Å²) in [6.07, 6.45) is 2.23. The Morgan fingerprint density at radius 2 is 1.56 bits per heavy atom. The first-order valence-corrected chi connectivity index (χ1v) is 13.7. The van der Waals surface area contributed by atoms with E-state index in [9.17, 15) is 13.2 Å². The first-order chi connectivity index (χ1) is 15.9. The molecule has 0 atom stereocenters. The summed E-state index contributed by atoms with van der Waals surface area (Å²) in [5, 5.41) is 0. The SMILES string of the molecule is COCCOCCOCCN(C(=O)OC(C)(C)C)c1cc(COSC)cc(COS(C)(=O)=O)c1. The van der Waals surface area contributed by atoms with Crippen molar-refractivity contribution in [3.05, 3.63) is 29.3 Å². The zero-order chi connectivity index (χ0) is 25.6. The predicted octanol–water partition coefficient (Wildman–Crippen LogP) is 3.38. The number of hydrogen-bond acceptors (Lipinski definition) is 10. The number of carbonyl (C=O) groups is 1. The molecule has 12 heteroatoms. The Balaban J connectivity index is 3.03. The summed E-state index contributed by atoms with van der Waals surface area (Å²) in [5.41, 5.74) is 1.14. The summed E-state index contributed by atoms with van der Waals surface area (Å²) in [6.45, 7) is 7.66. The molecule has 0 aromatic heterocycles. The van der Waals surface area contributed by atoms with Crippen molar-refractivity contribution in [1.29, 1.82) is 0 Å². The molecule has 0 spiro atoms. The van der Waals surface area contributed by atoms with E-state index in [-0.39, 0.29) is 26.4 Å². The number of benzene rings is 1. The zero-order valence-corrected chi connectivity index (χ0v) is 22.5. The summed E-state index contributed by atoms with van der Waals surface area (Å²) in [5.74, 6) is 0. The third kappa shape index (κ3) is 14.1. The summed E-state index contributed by atoms with van der Waals surface area (Å²) in [4.78, 5) is 14.4.